The number of halogens is 2. The van der Waals surface area contributed by atoms with Gasteiger partial charge in [0.2, 0.25) is 5.95 Å². The van der Waals surface area contributed by atoms with Crippen LogP contribution in [0.15, 0.2) is 47.6 Å². The fraction of sp³-hybridized carbons (Fsp3) is 0.333. The smallest absolute Gasteiger partial charge is 0.314 e. The summed E-state index contributed by atoms with van der Waals surface area (Å²) in [6, 6.07) is 11.5. The number of carbonyl (C=O) groups excluding carboxylic acids is 2. The second kappa shape index (κ2) is 12.5. The minimum absolute atomic E-state index is 0.245. The second-order valence-electron chi connectivity index (χ2n) is 9.44. The molecule has 3 amide bonds. The zero-order valence-electron chi connectivity index (χ0n) is 22.1. The number of anilines is 4. The summed E-state index contributed by atoms with van der Waals surface area (Å²) >= 11 is 14.1. The standard InChI is InChI=1S/C27H30Cl2N8O2S/c1-30-17-8-10-36(11-9-17)22-7-6-18(12-16(22)13-33-27(39)31-2)34-26-32-14-19-24(35-26)40-15-37(25(19)38)23-20(28)4-3-5-21(23)29/h3-7,12,14,17,30H,8-11,13,15H2,1-2H3,(H2,31,33,39)(H,32,34,35). The van der Waals surface area contributed by atoms with E-state index in [1.54, 1.807) is 25.2 Å². The van der Waals surface area contributed by atoms with E-state index in [0.29, 0.717) is 50.7 Å². The van der Waals surface area contributed by atoms with Gasteiger partial charge < -0.3 is 26.2 Å². The number of para-hydroxylation sites is 1. The molecular formula is C27H30Cl2N8O2S. The highest BCUT2D eigenvalue weighted by Gasteiger charge is 2.30. The number of hydrogen-bond acceptors (Lipinski definition) is 8. The molecule has 10 nitrogen and oxygen atoms in total. The van der Waals surface area contributed by atoms with Crippen molar-refractivity contribution in [2.75, 3.05) is 48.2 Å². The Bertz CT molecular complexity index is 1400. The SMILES string of the molecule is CNC(=O)NCc1cc(Nc2ncc3c(n2)SCN(c2c(Cl)cccc2Cl)C3=O)ccc1N1CCC(NC)CC1. The first kappa shape index (κ1) is 28.3. The fourth-order valence-electron chi connectivity index (χ4n) is 4.84. The minimum atomic E-state index is -0.260. The molecule has 2 aliphatic heterocycles. The van der Waals surface area contributed by atoms with Gasteiger partial charge in [0.05, 0.1) is 27.2 Å². The van der Waals surface area contributed by atoms with Gasteiger partial charge in [0.1, 0.15) is 5.03 Å². The number of hydrogen-bond donors (Lipinski definition) is 4. The lowest BCUT2D eigenvalue weighted by Crippen LogP contribution is -2.41. The van der Waals surface area contributed by atoms with Crippen molar-refractivity contribution in [1.29, 1.82) is 0 Å². The number of amides is 3. The zero-order chi connectivity index (χ0) is 28.2. The fourth-order valence-corrected chi connectivity index (χ4v) is 6.39. The molecule has 0 aliphatic carbocycles. The number of benzene rings is 2. The van der Waals surface area contributed by atoms with Gasteiger partial charge in [0.25, 0.3) is 5.91 Å². The van der Waals surface area contributed by atoms with Gasteiger partial charge in [-0.05, 0) is 55.8 Å². The molecule has 13 heteroatoms. The van der Waals surface area contributed by atoms with Gasteiger partial charge in [-0.1, -0.05) is 41.0 Å². The predicted molar refractivity (Wildman–Crippen MR) is 161 cm³/mol. The Hall–Kier alpha value is -3.25. The molecule has 0 radical (unpaired) electrons. The summed E-state index contributed by atoms with van der Waals surface area (Å²) < 4.78 is 0. The number of nitrogens with zero attached hydrogens (tertiary/aromatic N) is 4. The molecule has 3 aromatic rings. The topological polar surface area (TPSA) is 115 Å². The van der Waals surface area contributed by atoms with Crippen molar-refractivity contribution in [3.05, 3.63) is 63.8 Å². The molecule has 2 aliphatic rings. The van der Waals surface area contributed by atoms with E-state index in [9.17, 15) is 9.59 Å². The Morgan fingerprint density at radius 2 is 1.88 bits per heavy atom. The number of nitrogens with one attached hydrogen (secondary N) is 4. The van der Waals surface area contributed by atoms with Gasteiger partial charge in [-0.3, -0.25) is 9.69 Å². The lowest BCUT2D eigenvalue weighted by atomic mass is 10.0. The Labute approximate surface area is 247 Å². The Morgan fingerprint density at radius 1 is 1.12 bits per heavy atom. The van der Waals surface area contributed by atoms with Crippen LogP contribution in [0, 0.1) is 0 Å². The highest BCUT2D eigenvalue weighted by molar-refractivity contribution is 7.99. The second-order valence-corrected chi connectivity index (χ2v) is 11.2. The molecule has 3 heterocycles. The first-order valence-electron chi connectivity index (χ1n) is 12.9. The quantitative estimate of drug-likeness (QED) is 0.284. The van der Waals surface area contributed by atoms with Crippen LogP contribution in [0.2, 0.25) is 10.0 Å². The molecule has 1 aromatic heterocycles. The van der Waals surface area contributed by atoms with E-state index in [-0.39, 0.29) is 11.9 Å². The van der Waals surface area contributed by atoms with Crippen molar-refractivity contribution < 1.29 is 9.59 Å². The summed E-state index contributed by atoms with van der Waals surface area (Å²) in [5, 5.41) is 13.5. The van der Waals surface area contributed by atoms with Crippen LogP contribution < -0.4 is 31.1 Å². The number of rotatable bonds is 7. The molecule has 2 aromatic carbocycles. The van der Waals surface area contributed by atoms with E-state index in [2.05, 4.69) is 42.2 Å². The van der Waals surface area contributed by atoms with E-state index in [1.165, 1.54) is 22.9 Å². The van der Waals surface area contributed by atoms with E-state index in [1.807, 2.05) is 19.2 Å². The molecule has 0 unspecified atom stereocenters. The molecule has 0 bridgehead atoms. The third-order valence-electron chi connectivity index (χ3n) is 7.01. The average Bonchev–Trinajstić information content (AvgIpc) is 2.97. The van der Waals surface area contributed by atoms with E-state index in [4.69, 9.17) is 23.2 Å². The zero-order valence-corrected chi connectivity index (χ0v) is 24.5. The normalized spacial score (nSPS) is 15.6. The minimum Gasteiger partial charge on any atom is -0.371 e. The first-order valence-corrected chi connectivity index (χ1v) is 14.7. The van der Waals surface area contributed by atoms with Gasteiger partial charge in [0.15, 0.2) is 0 Å². The molecule has 0 saturated carbocycles. The summed E-state index contributed by atoms with van der Waals surface area (Å²) in [7, 11) is 3.59. The van der Waals surface area contributed by atoms with Gasteiger partial charge >= 0.3 is 6.03 Å². The van der Waals surface area contributed by atoms with E-state index < -0.39 is 0 Å². The number of piperidine rings is 1. The molecule has 4 N–H and O–H groups in total. The molecule has 210 valence electrons. The number of fused-ring (bicyclic) bond motifs is 1. The lowest BCUT2D eigenvalue weighted by Gasteiger charge is -2.35. The van der Waals surface area contributed by atoms with Crippen LogP contribution in [0.4, 0.5) is 27.8 Å². The highest BCUT2D eigenvalue weighted by atomic mass is 35.5. The van der Waals surface area contributed by atoms with Crippen molar-refractivity contribution in [1.82, 2.24) is 25.9 Å². The summed E-state index contributed by atoms with van der Waals surface area (Å²) in [6.07, 6.45) is 3.63. The van der Waals surface area contributed by atoms with Crippen LogP contribution in [-0.2, 0) is 6.54 Å². The van der Waals surface area contributed by atoms with Crippen LogP contribution in [0.5, 0.6) is 0 Å². The maximum atomic E-state index is 13.3. The molecule has 1 fully saturated rings. The highest BCUT2D eigenvalue weighted by Crippen LogP contribution is 2.39. The average molecular weight is 602 g/mol. The van der Waals surface area contributed by atoms with Gasteiger partial charge in [-0.25, -0.2) is 14.8 Å². The van der Waals surface area contributed by atoms with E-state index in [0.717, 1.165) is 42.9 Å². The monoisotopic (exact) mass is 600 g/mol. The van der Waals surface area contributed by atoms with Crippen molar-refractivity contribution in [2.45, 2.75) is 30.5 Å². The Morgan fingerprint density at radius 3 is 2.58 bits per heavy atom. The molecular weight excluding hydrogens is 571 g/mol. The molecule has 5 rings (SSSR count). The van der Waals surface area contributed by atoms with Crippen molar-refractivity contribution >= 4 is 69.9 Å². The van der Waals surface area contributed by atoms with Crippen molar-refractivity contribution in [3.63, 3.8) is 0 Å². The molecule has 1 saturated heterocycles. The number of urea groups is 1. The van der Waals surface area contributed by atoms with Crippen LogP contribution in [0.25, 0.3) is 0 Å². The lowest BCUT2D eigenvalue weighted by molar-refractivity contribution is 0.0985. The Kier molecular flexibility index (Phi) is 8.84. The third-order valence-corrected chi connectivity index (χ3v) is 8.60. The van der Waals surface area contributed by atoms with Crippen LogP contribution in [0.3, 0.4) is 0 Å². The number of thioether (sulfide) groups is 1. The number of carbonyl (C=O) groups is 2. The van der Waals surface area contributed by atoms with Crippen LogP contribution >= 0.6 is 35.0 Å². The third kappa shape index (κ3) is 6.07. The maximum Gasteiger partial charge on any atom is 0.314 e. The predicted octanol–water partition coefficient (Wildman–Crippen LogP) is 4.85. The van der Waals surface area contributed by atoms with Crippen LogP contribution in [-0.4, -0.2) is 61.0 Å². The van der Waals surface area contributed by atoms with E-state index >= 15 is 0 Å². The number of aromatic nitrogens is 2. The maximum absolute atomic E-state index is 13.3. The molecule has 0 spiro atoms. The van der Waals surface area contributed by atoms with Gasteiger partial charge in [-0.15, -0.1) is 0 Å². The molecule has 40 heavy (non-hydrogen) atoms. The molecule has 0 atom stereocenters. The van der Waals surface area contributed by atoms with Crippen molar-refractivity contribution in [3.8, 4) is 0 Å². The summed E-state index contributed by atoms with van der Waals surface area (Å²) in [5.74, 6) is 0.431. The van der Waals surface area contributed by atoms with Gasteiger partial charge in [-0.2, -0.15) is 0 Å². The first-order chi connectivity index (χ1) is 19.4. The van der Waals surface area contributed by atoms with Crippen LogP contribution in [0.1, 0.15) is 28.8 Å². The Balaban J connectivity index is 1.35. The summed E-state index contributed by atoms with van der Waals surface area (Å²) in [6.45, 7) is 2.23. The van der Waals surface area contributed by atoms with Crippen molar-refractivity contribution in [2.24, 2.45) is 0 Å². The summed E-state index contributed by atoms with van der Waals surface area (Å²) in [5.41, 5.74) is 3.70. The van der Waals surface area contributed by atoms with Gasteiger partial charge in [0, 0.05) is 50.3 Å². The summed E-state index contributed by atoms with van der Waals surface area (Å²) in [4.78, 5) is 38.1. The largest absolute Gasteiger partial charge is 0.371 e.